The molecule has 3 nitrogen and oxygen atoms in total. The van der Waals surface area contributed by atoms with Crippen LogP contribution in [-0.4, -0.2) is 32.0 Å². The maximum Gasteiger partial charge on any atom is 0.150 e. The van der Waals surface area contributed by atoms with Crippen molar-refractivity contribution in [3.63, 3.8) is 0 Å². The minimum absolute atomic E-state index is 0.173. The van der Waals surface area contributed by atoms with E-state index in [2.05, 4.69) is 90.7 Å². The molecule has 6 aliphatic rings. The maximum atomic E-state index is 12.0. The first-order valence-electron chi connectivity index (χ1n) is 19.4. The quantitative estimate of drug-likeness (QED) is 0.234. The normalized spacial score (nSPS) is 44.9. The van der Waals surface area contributed by atoms with E-state index in [1.807, 2.05) is 0 Å². The van der Waals surface area contributed by atoms with E-state index < -0.39 is 9.84 Å². The predicted molar refractivity (Wildman–Crippen MR) is 198 cm³/mol. The Morgan fingerprint density at radius 1 is 0.894 bits per heavy atom. The van der Waals surface area contributed by atoms with Crippen molar-refractivity contribution < 1.29 is 8.42 Å². The van der Waals surface area contributed by atoms with Crippen LogP contribution in [0.15, 0.2) is 42.5 Å². The van der Waals surface area contributed by atoms with Gasteiger partial charge in [0.1, 0.15) is 0 Å². The van der Waals surface area contributed by atoms with Crippen molar-refractivity contribution in [2.24, 2.45) is 57.2 Å². The van der Waals surface area contributed by atoms with E-state index in [1.54, 1.807) is 5.57 Å². The van der Waals surface area contributed by atoms with Crippen molar-refractivity contribution in [1.82, 2.24) is 5.32 Å². The summed E-state index contributed by atoms with van der Waals surface area (Å²) in [5.41, 5.74) is 7.20. The molecule has 4 saturated carbocycles. The molecule has 7 rings (SSSR count). The third-order valence-corrected chi connectivity index (χ3v) is 18.4. The Morgan fingerprint density at radius 3 is 2.32 bits per heavy atom. The topological polar surface area (TPSA) is 46.2 Å². The van der Waals surface area contributed by atoms with E-state index in [1.165, 1.54) is 74.5 Å². The Hall–Kier alpha value is -1.39. The van der Waals surface area contributed by atoms with Crippen LogP contribution >= 0.6 is 0 Å². The molecule has 260 valence electrons. The van der Waals surface area contributed by atoms with Crippen molar-refractivity contribution in [2.75, 3.05) is 18.1 Å². The van der Waals surface area contributed by atoms with Gasteiger partial charge in [0.2, 0.25) is 0 Å². The molecule has 0 radical (unpaired) electrons. The molecule has 0 amide bonds. The Kier molecular flexibility index (Phi) is 8.39. The summed E-state index contributed by atoms with van der Waals surface area (Å²) < 4.78 is 24.1. The summed E-state index contributed by atoms with van der Waals surface area (Å²) in [5.74, 6) is 4.69. The minimum atomic E-state index is -2.79. The fourth-order valence-electron chi connectivity index (χ4n) is 14.1. The number of fused-ring (bicyclic) bond motifs is 7. The standard InChI is InChI=1S/C43H65NO2S/c1-29(2)33-17-23-43(44-26-9-10-31-20-27-47(45,46)28-31)25-24-41(7)35(38(33)43)15-16-37-40(6)21-18-34(32-13-11-30(3)12-14-32)39(4,5)36(40)19-22-42(37,41)8/h11-14,18,31,33,35-38,44H,1,9-10,15-17,19-28H2,2-8H3/t31?,33-,35+,36-,37+,38+,40-,41+,42+,43-/m0/s1. The lowest BCUT2D eigenvalue weighted by atomic mass is 9.33. The number of allylic oxidation sites excluding steroid dienone is 3. The van der Waals surface area contributed by atoms with Crippen LogP contribution in [0.1, 0.15) is 130 Å². The van der Waals surface area contributed by atoms with E-state index in [-0.39, 0.29) is 11.0 Å². The summed E-state index contributed by atoms with van der Waals surface area (Å²) in [7, 11) is -2.79. The number of benzene rings is 1. The van der Waals surface area contributed by atoms with Gasteiger partial charge < -0.3 is 5.32 Å². The van der Waals surface area contributed by atoms with E-state index in [9.17, 15) is 8.42 Å². The second kappa shape index (κ2) is 11.6. The number of sulfone groups is 1. The molecule has 1 aromatic carbocycles. The highest BCUT2D eigenvalue weighted by Crippen LogP contribution is 2.76. The SMILES string of the molecule is C=C(C)[C@@H]1CC[C@]2(NCCCC3CCS(=O)(=O)C3)CC[C@]3(C)[C@H](CC[C@@H]4[C@@]5(C)CC=C(c6ccc(C)cc6)C(C)(C)[C@@H]5CC[C@]43C)[C@@H]12. The summed E-state index contributed by atoms with van der Waals surface area (Å²) in [6.45, 7) is 23.5. The maximum absolute atomic E-state index is 12.0. The highest BCUT2D eigenvalue weighted by atomic mass is 32.2. The van der Waals surface area contributed by atoms with E-state index in [0.717, 1.165) is 37.6 Å². The highest BCUT2D eigenvalue weighted by Gasteiger charge is 2.70. The van der Waals surface area contributed by atoms with Gasteiger partial charge in [-0.15, -0.1) is 0 Å². The van der Waals surface area contributed by atoms with Crippen LogP contribution in [0.5, 0.6) is 0 Å². The zero-order valence-electron chi connectivity index (χ0n) is 30.9. The number of hydrogen-bond donors (Lipinski definition) is 1. The summed E-state index contributed by atoms with van der Waals surface area (Å²) in [4.78, 5) is 0. The summed E-state index contributed by atoms with van der Waals surface area (Å²) in [6, 6.07) is 9.32. The molecule has 5 aliphatic carbocycles. The van der Waals surface area contributed by atoms with Gasteiger partial charge in [-0.25, -0.2) is 8.42 Å². The number of hydrogen-bond acceptors (Lipinski definition) is 3. The van der Waals surface area contributed by atoms with Gasteiger partial charge in [0, 0.05) is 5.54 Å². The molecule has 1 aliphatic heterocycles. The monoisotopic (exact) mass is 659 g/mol. The molecule has 5 fully saturated rings. The van der Waals surface area contributed by atoms with Gasteiger partial charge in [-0.1, -0.05) is 82.7 Å². The number of rotatable bonds is 7. The number of nitrogens with one attached hydrogen (secondary N) is 1. The van der Waals surface area contributed by atoms with Crippen LogP contribution < -0.4 is 5.32 Å². The average molecular weight is 660 g/mol. The van der Waals surface area contributed by atoms with Crippen LogP contribution in [0.3, 0.4) is 0 Å². The molecular weight excluding hydrogens is 595 g/mol. The fraction of sp³-hybridized carbons (Fsp3) is 0.767. The second-order valence-electron chi connectivity index (χ2n) is 19.1. The molecule has 1 N–H and O–H groups in total. The van der Waals surface area contributed by atoms with E-state index in [4.69, 9.17) is 0 Å². The van der Waals surface area contributed by atoms with Gasteiger partial charge >= 0.3 is 0 Å². The Labute approximate surface area is 288 Å². The molecule has 0 spiro atoms. The molecule has 1 aromatic rings. The summed E-state index contributed by atoms with van der Waals surface area (Å²) in [6.07, 6.45) is 17.5. The zero-order chi connectivity index (χ0) is 33.6. The molecule has 10 atom stereocenters. The smallest absolute Gasteiger partial charge is 0.150 e. The lowest BCUT2D eigenvalue weighted by Crippen LogP contribution is -2.68. The van der Waals surface area contributed by atoms with Crippen LogP contribution in [0.2, 0.25) is 0 Å². The lowest BCUT2D eigenvalue weighted by Gasteiger charge is -2.72. The van der Waals surface area contributed by atoms with Crippen LogP contribution in [0.25, 0.3) is 5.57 Å². The Bertz CT molecular complexity index is 1520. The largest absolute Gasteiger partial charge is 0.311 e. The van der Waals surface area contributed by atoms with Crippen molar-refractivity contribution in [3.8, 4) is 0 Å². The van der Waals surface area contributed by atoms with Crippen molar-refractivity contribution in [3.05, 3.63) is 53.6 Å². The van der Waals surface area contributed by atoms with Crippen molar-refractivity contribution in [2.45, 2.75) is 131 Å². The summed E-state index contributed by atoms with van der Waals surface area (Å²) in [5, 5.41) is 4.25. The molecule has 1 heterocycles. The highest BCUT2D eigenvalue weighted by molar-refractivity contribution is 7.91. The summed E-state index contributed by atoms with van der Waals surface area (Å²) >= 11 is 0. The molecule has 1 unspecified atom stereocenters. The van der Waals surface area contributed by atoms with Gasteiger partial charge in [-0.2, -0.15) is 0 Å². The fourth-order valence-corrected chi connectivity index (χ4v) is 16.0. The lowest BCUT2D eigenvalue weighted by molar-refractivity contribution is -0.219. The molecule has 0 aromatic heterocycles. The average Bonchev–Trinajstić information content (AvgIpc) is 3.56. The van der Waals surface area contributed by atoms with Crippen molar-refractivity contribution >= 4 is 15.4 Å². The first-order valence-corrected chi connectivity index (χ1v) is 21.3. The Morgan fingerprint density at radius 2 is 1.64 bits per heavy atom. The zero-order valence-corrected chi connectivity index (χ0v) is 31.7. The predicted octanol–water partition coefficient (Wildman–Crippen LogP) is 10.2. The van der Waals surface area contributed by atoms with E-state index >= 15 is 0 Å². The minimum Gasteiger partial charge on any atom is -0.311 e. The third-order valence-electron chi connectivity index (χ3n) is 16.6. The number of aryl methyl sites for hydroxylation is 1. The van der Waals surface area contributed by atoms with Gasteiger partial charge in [0.15, 0.2) is 9.84 Å². The molecule has 0 bridgehead atoms. The van der Waals surface area contributed by atoms with Crippen LogP contribution in [0.4, 0.5) is 0 Å². The van der Waals surface area contributed by atoms with Crippen LogP contribution in [0, 0.1) is 64.1 Å². The first-order chi connectivity index (χ1) is 22.1. The Balaban J connectivity index is 1.14. The van der Waals surface area contributed by atoms with Gasteiger partial charge in [0.05, 0.1) is 11.5 Å². The molecule has 47 heavy (non-hydrogen) atoms. The van der Waals surface area contributed by atoms with E-state index in [0.29, 0.717) is 51.4 Å². The van der Waals surface area contributed by atoms with Gasteiger partial charge in [-0.3, -0.25) is 0 Å². The third kappa shape index (κ3) is 5.22. The van der Waals surface area contributed by atoms with Gasteiger partial charge in [0.25, 0.3) is 0 Å². The molecular formula is C43H65NO2S. The van der Waals surface area contributed by atoms with Gasteiger partial charge in [-0.05, 0) is 166 Å². The van der Waals surface area contributed by atoms with Crippen molar-refractivity contribution in [1.29, 1.82) is 0 Å². The molecule has 1 saturated heterocycles. The van der Waals surface area contributed by atoms with Crippen LogP contribution in [-0.2, 0) is 9.84 Å². The molecule has 4 heteroatoms. The first kappa shape index (κ1) is 34.1. The second-order valence-corrected chi connectivity index (χ2v) is 21.3.